The molecule has 176 valence electrons. The molecule has 34 heavy (non-hydrogen) atoms. The lowest BCUT2D eigenvalue weighted by Gasteiger charge is -2.40. The van der Waals surface area contributed by atoms with E-state index < -0.39 is 33.7 Å². The lowest BCUT2D eigenvalue weighted by molar-refractivity contribution is -0.387. The molecule has 1 heterocycles. The van der Waals surface area contributed by atoms with Crippen molar-refractivity contribution in [2.75, 3.05) is 26.2 Å². The van der Waals surface area contributed by atoms with E-state index >= 15 is 0 Å². The van der Waals surface area contributed by atoms with Crippen LogP contribution in [0.25, 0.3) is 0 Å². The minimum Gasteiger partial charge on any atom is -0.336 e. The lowest BCUT2D eigenvalue weighted by atomic mass is 9.96. The SMILES string of the molecule is O=C(c1cc(F)c([N+](=O)[O-])cc1F)N1CCN(C(c2ccc(Cl)cc2)c2ccc(Cl)cc2)CC1. The number of halogens is 4. The zero-order valence-corrected chi connectivity index (χ0v) is 19.3. The number of piperazine rings is 1. The zero-order valence-electron chi connectivity index (χ0n) is 17.8. The van der Waals surface area contributed by atoms with Gasteiger partial charge in [0, 0.05) is 36.2 Å². The molecule has 0 bridgehead atoms. The summed E-state index contributed by atoms with van der Waals surface area (Å²) in [6.07, 6.45) is 0. The highest BCUT2D eigenvalue weighted by Gasteiger charge is 2.31. The number of rotatable bonds is 5. The fraction of sp³-hybridized carbons (Fsp3) is 0.208. The van der Waals surface area contributed by atoms with Gasteiger partial charge in [0.25, 0.3) is 5.91 Å². The first kappa shape index (κ1) is 24.1. The number of nitro benzene ring substituents is 1. The third-order valence-corrected chi connectivity index (χ3v) is 6.31. The molecule has 6 nitrogen and oxygen atoms in total. The van der Waals surface area contributed by atoms with Gasteiger partial charge in [-0.05, 0) is 41.5 Å². The van der Waals surface area contributed by atoms with Gasteiger partial charge >= 0.3 is 5.69 Å². The molecule has 3 aromatic carbocycles. The summed E-state index contributed by atoms with van der Waals surface area (Å²) in [5.74, 6) is -3.08. The number of nitrogens with zero attached hydrogens (tertiary/aromatic N) is 3. The Kier molecular flexibility index (Phi) is 7.11. The average molecular weight is 506 g/mol. The Labute approximate surface area is 204 Å². The smallest absolute Gasteiger partial charge is 0.307 e. The Hall–Kier alpha value is -3.07. The highest BCUT2D eigenvalue weighted by atomic mass is 35.5. The van der Waals surface area contributed by atoms with Crippen molar-refractivity contribution < 1.29 is 18.5 Å². The molecule has 4 rings (SSSR count). The van der Waals surface area contributed by atoms with E-state index in [2.05, 4.69) is 4.90 Å². The Morgan fingerprint density at radius 2 is 1.35 bits per heavy atom. The summed E-state index contributed by atoms with van der Waals surface area (Å²) in [6, 6.07) is 15.9. The van der Waals surface area contributed by atoms with Crippen LogP contribution in [0.3, 0.4) is 0 Å². The predicted octanol–water partition coefficient (Wildman–Crippen LogP) is 5.73. The van der Waals surface area contributed by atoms with Gasteiger partial charge in [0.2, 0.25) is 5.82 Å². The van der Waals surface area contributed by atoms with Gasteiger partial charge in [0.05, 0.1) is 22.6 Å². The van der Waals surface area contributed by atoms with Gasteiger partial charge in [-0.1, -0.05) is 47.5 Å². The van der Waals surface area contributed by atoms with Crippen LogP contribution in [-0.2, 0) is 0 Å². The van der Waals surface area contributed by atoms with Gasteiger partial charge in [0.15, 0.2) is 0 Å². The Morgan fingerprint density at radius 3 is 1.82 bits per heavy atom. The van der Waals surface area contributed by atoms with Crippen molar-refractivity contribution >= 4 is 34.8 Å². The largest absolute Gasteiger partial charge is 0.336 e. The van der Waals surface area contributed by atoms with E-state index in [0.717, 1.165) is 11.1 Å². The minimum absolute atomic E-state index is 0.125. The first-order valence-corrected chi connectivity index (χ1v) is 11.2. The molecule has 1 amide bonds. The van der Waals surface area contributed by atoms with Crippen molar-refractivity contribution in [3.05, 3.63) is 109 Å². The average Bonchev–Trinajstić information content (AvgIpc) is 2.83. The van der Waals surface area contributed by atoms with Crippen LogP contribution in [0, 0.1) is 21.7 Å². The predicted molar refractivity (Wildman–Crippen MR) is 125 cm³/mol. The molecule has 1 aliphatic rings. The van der Waals surface area contributed by atoms with Crippen LogP contribution in [-0.4, -0.2) is 46.8 Å². The van der Waals surface area contributed by atoms with Gasteiger partial charge in [-0.15, -0.1) is 0 Å². The van der Waals surface area contributed by atoms with Crippen molar-refractivity contribution in [1.82, 2.24) is 9.80 Å². The summed E-state index contributed by atoms with van der Waals surface area (Å²) >= 11 is 12.1. The highest BCUT2D eigenvalue weighted by Crippen LogP contribution is 2.32. The molecule has 0 radical (unpaired) electrons. The van der Waals surface area contributed by atoms with E-state index in [1.807, 2.05) is 48.5 Å². The molecule has 0 unspecified atom stereocenters. The van der Waals surface area contributed by atoms with Crippen molar-refractivity contribution in [2.24, 2.45) is 0 Å². The van der Waals surface area contributed by atoms with Gasteiger partial charge in [-0.25, -0.2) is 4.39 Å². The Bertz CT molecular complexity index is 1170. The number of carbonyl (C=O) groups excluding carboxylic acids is 1. The molecule has 0 atom stereocenters. The quantitative estimate of drug-likeness (QED) is 0.328. The zero-order chi connectivity index (χ0) is 24.4. The minimum atomic E-state index is -1.25. The van der Waals surface area contributed by atoms with Gasteiger partial charge in [-0.3, -0.25) is 19.8 Å². The van der Waals surface area contributed by atoms with E-state index in [1.54, 1.807) is 0 Å². The van der Waals surface area contributed by atoms with E-state index in [-0.39, 0.29) is 19.1 Å². The van der Waals surface area contributed by atoms with E-state index in [0.29, 0.717) is 35.3 Å². The number of hydrogen-bond acceptors (Lipinski definition) is 4. The van der Waals surface area contributed by atoms with Crippen LogP contribution in [0.5, 0.6) is 0 Å². The van der Waals surface area contributed by atoms with E-state index in [1.165, 1.54) is 4.90 Å². The topological polar surface area (TPSA) is 66.7 Å². The second kappa shape index (κ2) is 10.0. The van der Waals surface area contributed by atoms with Gasteiger partial charge in [0.1, 0.15) is 5.82 Å². The van der Waals surface area contributed by atoms with Crippen LogP contribution in [0.2, 0.25) is 10.0 Å². The normalized spacial score (nSPS) is 14.4. The molecule has 1 fully saturated rings. The second-order valence-electron chi connectivity index (χ2n) is 7.87. The molecule has 0 saturated carbocycles. The number of nitro groups is 1. The molecule has 10 heteroatoms. The summed E-state index contributed by atoms with van der Waals surface area (Å²) in [5.41, 5.74) is 0.487. The fourth-order valence-electron chi connectivity index (χ4n) is 4.10. The van der Waals surface area contributed by atoms with Crippen LogP contribution in [0.15, 0.2) is 60.7 Å². The molecule has 3 aromatic rings. The van der Waals surface area contributed by atoms with Crippen molar-refractivity contribution in [1.29, 1.82) is 0 Å². The fourth-order valence-corrected chi connectivity index (χ4v) is 4.35. The molecule has 0 N–H and O–H groups in total. The number of benzene rings is 3. The monoisotopic (exact) mass is 505 g/mol. The molecular formula is C24H19Cl2F2N3O3. The Balaban J connectivity index is 1.54. The molecule has 1 aliphatic heterocycles. The lowest BCUT2D eigenvalue weighted by Crippen LogP contribution is -2.50. The second-order valence-corrected chi connectivity index (χ2v) is 8.75. The standard InChI is InChI=1S/C24H19Cl2F2N3O3/c25-17-5-1-15(2-6-17)23(16-3-7-18(26)8-4-16)29-9-11-30(12-10-29)24(32)19-13-21(28)22(31(33)34)14-20(19)27/h1-8,13-14,23H,9-12H2. The summed E-state index contributed by atoms with van der Waals surface area (Å²) in [7, 11) is 0. The summed E-state index contributed by atoms with van der Waals surface area (Å²) < 4.78 is 28.4. The number of carbonyl (C=O) groups is 1. The number of amides is 1. The molecule has 0 aliphatic carbocycles. The first-order chi connectivity index (χ1) is 16.2. The third-order valence-electron chi connectivity index (χ3n) is 5.80. The Morgan fingerprint density at radius 1 is 0.853 bits per heavy atom. The maximum atomic E-state index is 14.4. The first-order valence-electron chi connectivity index (χ1n) is 10.4. The van der Waals surface area contributed by atoms with Crippen molar-refractivity contribution in [3.8, 4) is 0 Å². The van der Waals surface area contributed by atoms with Crippen LogP contribution < -0.4 is 0 Å². The third kappa shape index (κ3) is 5.04. The molecule has 1 saturated heterocycles. The van der Waals surface area contributed by atoms with Crippen molar-refractivity contribution in [3.63, 3.8) is 0 Å². The summed E-state index contributed by atoms with van der Waals surface area (Å²) in [5, 5.41) is 12.0. The van der Waals surface area contributed by atoms with Gasteiger partial charge < -0.3 is 4.90 Å². The van der Waals surface area contributed by atoms with Crippen LogP contribution >= 0.6 is 23.2 Å². The van der Waals surface area contributed by atoms with Gasteiger partial charge in [-0.2, -0.15) is 4.39 Å². The van der Waals surface area contributed by atoms with Crippen LogP contribution in [0.1, 0.15) is 27.5 Å². The van der Waals surface area contributed by atoms with Crippen LogP contribution in [0.4, 0.5) is 14.5 Å². The molecule has 0 spiro atoms. The van der Waals surface area contributed by atoms with Crippen molar-refractivity contribution in [2.45, 2.75) is 6.04 Å². The van der Waals surface area contributed by atoms with E-state index in [4.69, 9.17) is 23.2 Å². The molecular weight excluding hydrogens is 487 g/mol. The number of hydrogen-bond donors (Lipinski definition) is 0. The van der Waals surface area contributed by atoms with E-state index in [9.17, 15) is 23.7 Å². The molecule has 0 aromatic heterocycles. The maximum absolute atomic E-state index is 14.4. The highest BCUT2D eigenvalue weighted by molar-refractivity contribution is 6.30. The summed E-state index contributed by atoms with van der Waals surface area (Å²) in [4.78, 5) is 26.2. The maximum Gasteiger partial charge on any atom is 0.307 e. The summed E-state index contributed by atoms with van der Waals surface area (Å²) in [6.45, 7) is 1.49.